The van der Waals surface area contributed by atoms with Gasteiger partial charge in [0.25, 0.3) is 11.1 Å². The lowest BCUT2D eigenvalue weighted by Crippen LogP contribution is -2.66. The molecule has 2 aliphatic heterocycles. The van der Waals surface area contributed by atoms with Crippen molar-refractivity contribution in [3.63, 3.8) is 0 Å². The Labute approximate surface area is 226 Å². The highest BCUT2D eigenvalue weighted by molar-refractivity contribution is 8.18. The third-order valence-corrected chi connectivity index (χ3v) is 6.46. The minimum absolute atomic E-state index is 0.00374. The molecule has 5 atom stereocenters. The zero-order valence-corrected chi connectivity index (χ0v) is 22.3. The first-order valence-electron chi connectivity index (χ1n) is 11.2. The summed E-state index contributed by atoms with van der Waals surface area (Å²) in [6, 6.07) is 6.64. The van der Waals surface area contributed by atoms with Crippen molar-refractivity contribution >= 4 is 64.5 Å². The number of benzene rings is 1. The lowest BCUT2D eigenvalue weighted by atomic mass is 9.96. The number of hydrogen-bond acceptors (Lipinski definition) is 12. The van der Waals surface area contributed by atoms with E-state index in [1.807, 2.05) is 0 Å². The van der Waals surface area contributed by atoms with Crippen LogP contribution >= 0.6 is 23.4 Å². The summed E-state index contributed by atoms with van der Waals surface area (Å²) < 4.78 is 26.9. The minimum Gasteiger partial charge on any atom is -0.463 e. The van der Waals surface area contributed by atoms with Gasteiger partial charge in [0.05, 0.1) is 4.91 Å². The molecule has 12 nitrogen and oxygen atoms in total. The molecule has 1 aromatic rings. The summed E-state index contributed by atoms with van der Waals surface area (Å²) in [5.74, 6) is -4.02. The quantitative estimate of drug-likeness (QED) is 0.269. The predicted octanol–water partition coefficient (Wildman–Crippen LogP) is 2.46. The maximum absolute atomic E-state index is 13.4. The second-order valence-electron chi connectivity index (χ2n) is 8.16. The Morgan fingerprint density at radius 2 is 1.50 bits per heavy atom. The number of carbonyl (C=O) groups is 6. The Bertz CT molecular complexity index is 1190. The molecule has 0 N–H and O–H groups in total. The van der Waals surface area contributed by atoms with Gasteiger partial charge in [-0.25, -0.2) is 4.90 Å². The van der Waals surface area contributed by atoms with Crippen molar-refractivity contribution in [1.29, 1.82) is 0 Å². The molecule has 14 heteroatoms. The van der Waals surface area contributed by atoms with Crippen molar-refractivity contribution in [2.24, 2.45) is 0 Å². The number of nitrogens with zero attached hydrogens (tertiary/aromatic N) is 1. The van der Waals surface area contributed by atoms with E-state index in [4.69, 9.17) is 35.3 Å². The van der Waals surface area contributed by atoms with Gasteiger partial charge in [-0.2, -0.15) is 0 Å². The van der Waals surface area contributed by atoms with Crippen LogP contribution in [0.5, 0.6) is 0 Å². The van der Waals surface area contributed by atoms with Crippen molar-refractivity contribution in [2.75, 3.05) is 6.61 Å². The fourth-order valence-corrected chi connectivity index (χ4v) is 4.88. The molecule has 0 saturated carbocycles. The van der Waals surface area contributed by atoms with Gasteiger partial charge in [0.2, 0.25) is 0 Å². The standard InChI is InChI=1S/C24H24ClNO11S/c1-11(27)33-10-17-19(34-12(2)28)20(35-13(3)29)21(36-14(4)30)23(37-17)26-22(31)18(38-24(26)32)9-15-7-5-6-8-16(15)25/h5-9,17,19-21,23H,10H2,1-4H3. The molecule has 0 radical (unpaired) electrons. The highest BCUT2D eigenvalue weighted by atomic mass is 35.5. The molecule has 2 heterocycles. The monoisotopic (exact) mass is 569 g/mol. The molecule has 2 saturated heterocycles. The molecule has 204 valence electrons. The smallest absolute Gasteiger partial charge is 0.303 e. The number of thioether (sulfide) groups is 1. The van der Waals surface area contributed by atoms with Crippen LogP contribution in [0, 0.1) is 0 Å². The van der Waals surface area contributed by atoms with E-state index in [2.05, 4.69) is 0 Å². The average Bonchev–Trinajstić information content (AvgIpc) is 3.08. The van der Waals surface area contributed by atoms with Gasteiger partial charge in [-0.05, 0) is 29.5 Å². The van der Waals surface area contributed by atoms with Crippen LogP contribution in [0.25, 0.3) is 6.08 Å². The van der Waals surface area contributed by atoms with Crippen molar-refractivity contribution in [2.45, 2.75) is 58.3 Å². The third kappa shape index (κ3) is 6.91. The summed E-state index contributed by atoms with van der Waals surface area (Å²) in [7, 11) is 0. The summed E-state index contributed by atoms with van der Waals surface area (Å²) in [5, 5.41) is -0.444. The van der Waals surface area contributed by atoms with Crippen molar-refractivity contribution < 1.29 is 52.5 Å². The van der Waals surface area contributed by atoms with Crippen LogP contribution in [0.15, 0.2) is 29.2 Å². The molecular formula is C24H24ClNO11S. The van der Waals surface area contributed by atoms with Gasteiger partial charge >= 0.3 is 23.9 Å². The normalized spacial score (nSPS) is 26.2. The van der Waals surface area contributed by atoms with E-state index in [0.29, 0.717) is 27.2 Å². The molecule has 0 aliphatic carbocycles. The van der Waals surface area contributed by atoms with Crippen molar-refractivity contribution in [1.82, 2.24) is 4.90 Å². The summed E-state index contributed by atoms with van der Waals surface area (Å²) in [4.78, 5) is 74.5. The summed E-state index contributed by atoms with van der Waals surface area (Å²) in [6.45, 7) is 3.82. The highest BCUT2D eigenvalue weighted by Gasteiger charge is 2.57. The molecule has 0 aromatic heterocycles. The Hall–Kier alpha value is -3.42. The average molecular weight is 570 g/mol. The van der Waals surface area contributed by atoms with Gasteiger partial charge in [0.1, 0.15) is 12.7 Å². The van der Waals surface area contributed by atoms with E-state index in [-0.39, 0.29) is 4.91 Å². The zero-order valence-electron chi connectivity index (χ0n) is 20.7. The fourth-order valence-electron chi connectivity index (χ4n) is 3.85. The van der Waals surface area contributed by atoms with E-state index in [1.54, 1.807) is 24.3 Å². The first-order chi connectivity index (χ1) is 17.9. The molecule has 2 fully saturated rings. The Balaban J connectivity index is 2.06. The molecule has 3 rings (SSSR count). The van der Waals surface area contributed by atoms with Crippen molar-refractivity contribution in [3.05, 3.63) is 39.8 Å². The van der Waals surface area contributed by atoms with Gasteiger partial charge in [-0.1, -0.05) is 29.8 Å². The number of ether oxygens (including phenoxy) is 5. The highest BCUT2D eigenvalue weighted by Crippen LogP contribution is 2.39. The number of halogens is 1. The number of imide groups is 1. The number of esters is 4. The summed E-state index contributed by atoms with van der Waals surface area (Å²) in [5.41, 5.74) is 0.473. The van der Waals surface area contributed by atoms with Crippen LogP contribution in [0.2, 0.25) is 5.02 Å². The number of carbonyl (C=O) groups excluding carboxylic acids is 6. The topological polar surface area (TPSA) is 152 Å². The van der Waals surface area contributed by atoms with Gasteiger partial charge < -0.3 is 23.7 Å². The van der Waals surface area contributed by atoms with Gasteiger partial charge in [-0.15, -0.1) is 0 Å². The van der Waals surface area contributed by atoms with E-state index in [0.717, 1.165) is 27.7 Å². The lowest BCUT2D eigenvalue weighted by molar-refractivity contribution is -0.269. The van der Waals surface area contributed by atoms with Crippen LogP contribution < -0.4 is 0 Å². The Kier molecular flexibility index (Phi) is 9.52. The molecular weight excluding hydrogens is 546 g/mol. The second-order valence-corrected chi connectivity index (χ2v) is 9.56. The molecule has 2 amide bonds. The Morgan fingerprint density at radius 3 is 2.08 bits per heavy atom. The fraction of sp³-hybridized carbons (Fsp3) is 0.417. The molecule has 38 heavy (non-hydrogen) atoms. The molecule has 1 aromatic carbocycles. The first kappa shape index (κ1) is 29.1. The minimum atomic E-state index is -1.64. The third-order valence-electron chi connectivity index (χ3n) is 5.24. The molecule has 0 bridgehead atoms. The number of rotatable bonds is 7. The zero-order chi connectivity index (χ0) is 28.1. The lowest BCUT2D eigenvalue weighted by Gasteiger charge is -2.46. The van der Waals surface area contributed by atoms with E-state index in [1.165, 1.54) is 6.08 Å². The summed E-state index contributed by atoms with van der Waals surface area (Å²) in [6.07, 6.45) is -6.08. The van der Waals surface area contributed by atoms with Gasteiger partial charge in [-0.3, -0.25) is 28.8 Å². The Morgan fingerprint density at radius 1 is 0.921 bits per heavy atom. The van der Waals surface area contributed by atoms with E-state index < -0.39 is 72.3 Å². The van der Waals surface area contributed by atoms with Crippen LogP contribution in [-0.2, 0) is 47.7 Å². The second kappa shape index (κ2) is 12.4. The molecule has 5 unspecified atom stereocenters. The molecule has 0 spiro atoms. The van der Waals surface area contributed by atoms with Crippen LogP contribution in [-0.4, -0.2) is 77.2 Å². The van der Waals surface area contributed by atoms with Crippen molar-refractivity contribution in [3.8, 4) is 0 Å². The summed E-state index contributed by atoms with van der Waals surface area (Å²) >= 11 is 6.77. The van der Waals surface area contributed by atoms with E-state index in [9.17, 15) is 28.8 Å². The largest absolute Gasteiger partial charge is 0.463 e. The maximum Gasteiger partial charge on any atom is 0.303 e. The van der Waals surface area contributed by atoms with Gasteiger partial charge in [0.15, 0.2) is 24.5 Å². The van der Waals surface area contributed by atoms with Crippen LogP contribution in [0.1, 0.15) is 33.3 Å². The van der Waals surface area contributed by atoms with Gasteiger partial charge in [0, 0.05) is 32.7 Å². The van der Waals surface area contributed by atoms with Crippen LogP contribution in [0.3, 0.4) is 0 Å². The SMILES string of the molecule is CC(=O)OCC1OC(N2C(=O)SC(=Cc3ccccc3Cl)C2=O)C(OC(C)=O)C(OC(C)=O)C1OC(C)=O. The van der Waals surface area contributed by atoms with Crippen LogP contribution in [0.4, 0.5) is 4.79 Å². The maximum atomic E-state index is 13.4. The number of amides is 2. The molecule has 2 aliphatic rings. The van der Waals surface area contributed by atoms with E-state index >= 15 is 0 Å². The number of hydrogen-bond donors (Lipinski definition) is 0. The predicted molar refractivity (Wildman–Crippen MR) is 131 cm³/mol. The first-order valence-corrected chi connectivity index (χ1v) is 12.4.